The molecule has 2 aliphatic rings. The molecule has 2 N–H and O–H groups in total. The maximum Gasteiger partial charge on any atom is 0.243 e. The molecule has 0 spiro atoms. The Morgan fingerprint density at radius 1 is 1.14 bits per heavy atom. The minimum absolute atomic E-state index is 0.0146. The third kappa shape index (κ3) is 3.59. The number of nitrogen functional groups attached to an aromatic ring is 1. The molecule has 1 aromatic rings. The lowest BCUT2D eigenvalue weighted by atomic mass is 10.3. The zero-order valence-electron chi connectivity index (χ0n) is 11.0. The van der Waals surface area contributed by atoms with Gasteiger partial charge >= 0.3 is 0 Å². The van der Waals surface area contributed by atoms with Gasteiger partial charge in [0.25, 0.3) is 0 Å². The van der Waals surface area contributed by atoms with Gasteiger partial charge in [-0.15, -0.1) is 0 Å². The van der Waals surface area contributed by atoms with E-state index in [2.05, 4.69) is 31.9 Å². The van der Waals surface area contributed by atoms with Gasteiger partial charge in [-0.05, 0) is 44.0 Å². The van der Waals surface area contributed by atoms with Gasteiger partial charge in [0.15, 0.2) is 0 Å². The Morgan fingerprint density at radius 3 is 1.95 bits per heavy atom. The highest BCUT2D eigenvalue weighted by molar-refractivity contribution is 9.11. The molecule has 9 heteroatoms. The lowest BCUT2D eigenvalue weighted by Gasteiger charge is -2.21. The van der Waals surface area contributed by atoms with Crippen molar-refractivity contribution in [2.75, 3.05) is 32.0 Å². The number of anilines is 1. The molecule has 116 valence electrons. The van der Waals surface area contributed by atoms with Crippen LogP contribution in [0.15, 0.2) is 26.0 Å². The van der Waals surface area contributed by atoms with Crippen LogP contribution in [0.4, 0.5) is 5.69 Å². The van der Waals surface area contributed by atoms with Crippen LogP contribution in [-0.2, 0) is 19.5 Å². The second kappa shape index (κ2) is 5.78. The Labute approximate surface area is 139 Å². The Kier molecular flexibility index (Phi) is 4.32. The van der Waals surface area contributed by atoms with Crippen molar-refractivity contribution in [2.45, 2.75) is 17.1 Å². The van der Waals surface area contributed by atoms with E-state index >= 15 is 0 Å². The van der Waals surface area contributed by atoms with Crippen LogP contribution in [0.1, 0.15) is 0 Å². The molecule has 0 aromatic heterocycles. The van der Waals surface area contributed by atoms with Crippen molar-refractivity contribution in [1.82, 2.24) is 4.31 Å². The molecule has 0 aliphatic carbocycles. The normalized spacial score (nSPS) is 24.3. The number of nitrogens with two attached hydrogens (primary N) is 1. The van der Waals surface area contributed by atoms with E-state index in [9.17, 15) is 8.42 Å². The molecule has 0 saturated carbocycles. The number of benzene rings is 1. The summed E-state index contributed by atoms with van der Waals surface area (Å²) in [5.74, 6) is 0. The van der Waals surface area contributed by atoms with Crippen molar-refractivity contribution >= 4 is 47.6 Å². The summed E-state index contributed by atoms with van der Waals surface area (Å²) in [6.45, 7) is 1.91. The van der Waals surface area contributed by atoms with Crippen LogP contribution in [0.2, 0.25) is 0 Å². The van der Waals surface area contributed by atoms with Crippen LogP contribution >= 0.6 is 31.9 Å². The van der Waals surface area contributed by atoms with Crippen molar-refractivity contribution in [3.8, 4) is 0 Å². The summed E-state index contributed by atoms with van der Waals surface area (Å²) >= 11 is 6.56. The van der Waals surface area contributed by atoms with E-state index in [1.165, 1.54) is 16.4 Å². The predicted octanol–water partition coefficient (Wildman–Crippen LogP) is 1.58. The highest BCUT2D eigenvalue weighted by atomic mass is 79.9. The van der Waals surface area contributed by atoms with Crippen molar-refractivity contribution < 1.29 is 17.9 Å². The van der Waals surface area contributed by atoms with Gasteiger partial charge in [0.05, 0.1) is 36.0 Å². The molecule has 2 fully saturated rings. The molecule has 0 amide bonds. The van der Waals surface area contributed by atoms with Gasteiger partial charge in [0.2, 0.25) is 10.0 Å². The smallest absolute Gasteiger partial charge is 0.243 e. The van der Waals surface area contributed by atoms with Gasteiger partial charge in [0, 0.05) is 22.0 Å². The number of nitrogens with zero attached hydrogens (tertiary/aromatic N) is 1. The van der Waals surface area contributed by atoms with Crippen LogP contribution < -0.4 is 5.73 Å². The largest absolute Gasteiger partial charge is 0.397 e. The number of hydrogen-bond acceptors (Lipinski definition) is 5. The molecule has 3 rings (SSSR count). The first-order valence-electron chi connectivity index (χ1n) is 6.36. The van der Waals surface area contributed by atoms with Crippen molar-refractivity contribution in [3.63, 3.8) is 0 Å². The summed E-state index contributed by atoms with van der Waals surface area (Å²) in [6, 6.07) is 3.04. The Bertz CT molecular complexity index is 622. The zero-order chi connectivity index (χ0) is 15.2. The fourth-order valence-corrected chi connectivity index (χ4v) is 4.98. The summed E-state index contributed by atoms with van der Waals surface area (Å²) in [6.07, 6.45) is -0.0293. The predicted molar refractivity (Wildman–Crippen MR) is 84.5 cm³/mol. The number of rotatable bonds is 6. The maximum atomic E-state index is 12.8. The topological polar surface area (TPSA) is 88.5 Å². The lowest BCUT2D eigenvalue weighted by Crippen LogP contribution is -2.37. The highest BCUT2D eigenvalue weighted by Crippen LogP contribution is 2.33. The molecule has 2 heterocycles. The summed E-state index contributed by atoms with van der Waals surface area (Å²) < 4.78 is 38.4. The van der Waals surface area contributed by atoms with Crippen LogP contribution in [0.25, 0.3) is 0 Å². The Morgan fingerprint density at radius 2 is 1.57 bits per heavy atom. The monoisotopic (exact) mass is 440 g/mol. The first-order chi connectivity index (χ1) is 9.88. The summed E-state index contributed by atoms with van der Waals surface area (Å²) in [5.41, 5.74) is 6.28. The fourth-order valence-electron chi connectivity index (χ4n) is 1.93. The van der Waals surface area contributed by atoms with E-state index in [4.69, 9.17) is 15.2 Å². The SMILES string of the molecule is Nc1c(Br)cc(S(=O)(=O)N(CC2CO2)CC2CO2)cc1Br. The quantitative estimate of drug-likeness (QED) is 0.534. The summed E-state index contributed by atoms with van der Waals surface area (Å²) in [7, 11) is -3.62. The Hall–Kier alpha value is -0.190. The number of ether oxygens (including phenoxy) is 2. The maximum absolute atomic E-state index is 12.8. The molecular weight excluding hydrogens is 428 g/mol. The van der Waals surface area contributed by atoms with Crippen molar-refractivity contribution in [1.29, 1.82) is 0 Å². The number of epoxide rings is 2. The third-order valence-electron chi connectivity index (χ3n) is 3.31. The molecule has 0 radical (unpaired) electrons. The number of hydrogen-bond donors (Lipinski definition) is 1. The molecule has 2 saturated heterocycles. The zero-order valence-corrected chi connectivity index (χ0v) is 14.9. The molecule has 2 atom stereocenters. The standard InChI is InChI=1S/C12H14Br2N2O4S/c13-10-1-9(2-11(14)12(10)15)21(17,18)16(3-7-5-19-7)4-8-6-20-8/h1-2,7-8H,3-6,15H2. The van der Waals surface area contributed by atoms with E-state index in [-0.39, 0.29) is 17.1 Å². The van der Waals surface area contributed by atoms with Crippen molar-refractivity contribution in [3.05, 3.63) is 21.1 Å². The third-order valence-corrected chi connectivity index (χ3v) is 6.43. The molecule has 0 bridgehead atoms. The average molecular weight is 442 g/mol. The minimum atomic E-state index is -3.62. The van der Waals surface area contributed by atoms with Crippen LogP contribution in [-0.4, -0.2) is 51.2 Å². The number of sulfonamides is 1. The van der Waals surface area contributed by atoms with E-state index in [1.807, 2.05) is 0 Å². The van der Waals surface area contributed by atoms with Crippen LogP contribution in [0.3, 0.4) is 0 Å². The van der Waals surface area contributed by atoms with Crippen LogP contribution in [0.5, 0.6) is 0 Å². The summed E-state index contributed by atoms with van der Waals surface area (Å²) in [5, 5.41) is 0. The van der Waals surface area contributed by atoms with Gasteiger partial charge in [-0.25, -0.2) is 8.42 Å². The fraction of sp³-hybridized carbons (Fsp3) is 0.500. The van der Waals surface area contributed by atoms with Crippen molar-refractivity contribution in [2.24, 2.45) is 0 Å². The molecule has 1 aromatic carbocycles. The van der Waals surface area contributed by atoms with Gasteiger partial charge in [0.1, 0.15) is 0 Å². The van der Waals surface area contributed by atoms with E-state index in [1.54, 1.807) is 0 Å². The van der Waals surface area contributed by atoms with E-state index < -0.39 is 10.0 Å². The minimum Gasteiger partial charge on any atom is -0.397 e. The molecule has 2 unspecified atom stereocenters. The first-order valence-corrected chi connectivity index (χ1v) is 9.38. The van der Waals surface area contributed by atoms with Gasteiger partial charge in [-0.2, -0.15) is 4.31 Å². The van der Waals surface area contributed by atoms with Gasteiger partial charge in [-0.1, -0.05) is 0 Å². The highest BCUT2D eigenvalue weighted by Gasteiger charge is 2.37. The second-order valence-corrected chi connectivity index (χ2v) is 8.68. The molecule has 6 nitrogen and oxygen atoms in total. The summed E-state index contributed by atoms with van der Waals surface area (Å²) in [4.78, 5) is 0.191. The van der Waals surface area contributed by atoms with E-state index in [0.29, 0.717) is 40.9 Å². The van der Waals surface area contributed by atoms with Gasteiger partial charge in [-0.3, -0.25) is 0 Å². The lowest BCUT2D eigenvalue weighted by molar-refractivity contribution is 0.304. The van der Waals surface area contributed by atoms with Crippen LogP contribution in [0, 0.1) is 0 Å². The number of halogens is 2. The van der Waals surface area contributed by atoms with Gasteiger partial charge < -0.3 is 15.2 Å². The second-order valence-electron chi connectivity index (χ2n) is 5.03. The molecule has 21 heavy (non-hydrogen) atoms. The average Bonchev–Trinajstić information content (AvgIpc) is 3.29. The first kappa shape index (κ1) is 15.7. The molecule has 2 aliphatic heterocycles. The Balaban J connectivity index is 1.91. The van der Waals surface area contributed by atoms with E-state index in [0.717, 1.165) is 0 Å². The molecular formula is C12H14Br2N2O4S.